The number of hydrogen-bond acceptors (Lipinski definition) is 4. The summed E-state index contributed by atoms with van der Waals surface area (Å²) in [6.45, 7) is 2.09. The fraction of sp³-hybridized carbons (Fsp3) is 0.333. The molecule has 0 unspecified atom stereocenters. The number of thiol groups is 1. The topological polar surface area (TPSA) is 50.1 Å². The quantitative estimate of drug-likeness (QED) is 0.519. The maximum atomic E-state index is 11.4. The maximum absolute atomic E-state index is 11.4. The molecule has 5 heteroatoms. The molecule has 0 saturated carbocycles. The molecule has 0 spiro atoms. The molecule has 0 atom stereocenters. The maximum Gasteiger partial charge on any atom is 0.310 e. The largest absolute Gasteiger partial charge is 0.466 e. The Labute approximate surface area is 111 Å². The molecule has 0 aliphatic rings. The van der Waals surface area contributed by atoms with Gasteiger partial charge < -0.3 is 4.74 Å². The van der Waals surface area contributed by atoms with Gasteiger partial charge in [-0.15, -0.1) is 24.2 Å². The molecule has 0 heterocycles. The van der Waals surface area contributed by atoms with Gasteiger partial charge >= 0.3 is 5.97 Å². The SMILES string of the molecule is CCOC(=O)Cc1ccc(S)c(C#N)c1CCl. The number of benzene rings is 1. The summed E-state index contributed by atoms with van der Waals surface area (Å²) >= 11 is 9.99. The molecule has 0 aliphatic carbocycles. The molecule has 0 saturated heterocycles. The number of ether oxygens (including phenoxy) is 1. The molecule has 0 fully saturated rings. The highest BCUT2D eigenvalue weighted by Gasteiger charge is 2.14. The van der Waals surface area contributed by atoms with Crippen LogP contribution in [-0.4, -0.2) is 12.6 Å². The van der Waals surface area contributed by atoms with Crippen LogP contribution in [0.5, 0.6) is 0 Å². The monoisotopic (exact) mass is 269 g/mol. The van der Waals surface area contributed by atoms with Gasteiger partial charge in [0.05, 0.1) is 18.6 Å². The van der Waals surface area contributed by atoms with Gasteiger partial charge in [-0.05, 0) is 24.1 Å². The van der Waals surface area contributed by atoms with Crippen LogP contribution in [0.2, 0.25) is 0 Å². The standard InChI is InChI=1S/C12H12ClNO2S/c1-2-16-12(15)5-8-3-4-11(17)10(7-14)9(8)6-13/h3-4,17H,2,5-6H2,1H3. The average Bonchev–Trinajstić information content (AvgIpc) is 2.31. The summed E-state index contributed by atoms with van der Waals surface area (Å²) < 4.78 is 4.87. The number of nitrogens with zero attached hydrogens (tertiary/aromatic N) is 1. The molecule has 1 rings (SSSR count). The summed E-state index contributed by atoms with van der Waals surface area (Å²) in [6.07, 6.45) is 0.124. The van der Waals surface area contributed by atoms with Gasteiger partial charge in [-0.2, -0.15) is 5.26 Å². The summed E-state index contributed by atoms with van der Waals surface area (Å²) in [6, 6.07) is 5.48. The average molecular weight is 270 g/mol. The first-order valence-electron chi connectivity index (χ1n) is 5.09. The van der Waals surface area contributed by atoms with E-state index in [0.717, 1.165) is 0 Å². The van der Waals surface area contributed by atoms with E-state index in [1.807, 2.05) is 6.07 Å². The molecule has 0 aromatic heterocycles. The molecule has 3 nitrogen and oxygen atoms in total. The minimum absolute atomic E-state index is 0.124. The minimum atomic E-state index is -0.324. The molecule has 0 radical (unpaired) electrons. The van der Waals surface area contributed by atoms with Crippen LogP contribution >= 0.6 is 24.2 Å². The smallest absolute Gasteiger partial charge is 0.310 e. The molecule has 17 heavy (non-hydrogen) atoms. The Kier molecular flexibility index (Phi) is 5.33. The van der Waals surface area contributed by atoms with Crippen LogP contribution in [0.3, 0.4) is 0 Å². The Bertz CT molecular complexity index is 468. The Morgan fingerprint density at radius 1 is 1.59 bits per heavy atom. The van der Waals surface area contributed by atoms with E-state index in [9.17, 15) is 4.79 Å². The number of nitriles is 1. The lowest BCUT2D eigenvalue weighted by Gasteiger charge is -2.10. The Hall–Kier alpha value is -1.18. The molecular formula is C12H12ClNO2S. The number of esters is 1. The van der Waals surface area contributed by atoms with E-state index in [1.54, 1.807) is 19.1 Å². The van der Waals surface area contributed by atoms with Gasteiger partial charge in [0.25, 0.3) is 0 Å². The van der Waals surface area contributed by atoms with Crippen LogP contribution in [0.25, 0.3) is 0 Å². The van der Waals surface area contributed by atoms with E-state index < -0.39 is 0 Å². The summed E-state index contributed by atoms with van der Waals surface area (Å²) in [5, 5.41) is 9.02. The lowest BCUT2D eigenvalue weighted by atomic mass is 10.0. The van der Waals surface area contributed by atoms with E-state index in [2.05, 4.69) is 12.6 Å². The summed E-state index contributed by atoms with van der Waals surface area (Å²) in [5.74, 6) is -0.152. The number of carbonyl (C=O) groups excluding carboxylic acids is 1. The predicted octanol–water partition coefficient (Wildman–Crippen LogP) is 2.69. The number of hydrogen-bond donors (Lipinski definition) is 1. The number of halogens is 1. The van der Waals surface area contributed by atoms with E-state index in [1.165, 1.54) is 0 Å². The zero-order chi connectivity index (χ0) is 12.8. The zero-order valence-corrected chi connectivity index (χ0v) is 11.0. The zero-order valence-electron chi connectivity index (χ0n) is 9.36. The molecular weight excluding hydrogens is 258 g/mol. The fourth-order valence-electron chi connectivity index (χ4n) is 1.49. The first-order valence-corrected chi connectivity index (χ1v) is 6.07. The first-order chi connectivity index (χ1) is 8.13. The molecule has 0 amide bonds. The van der Waals surface area contributed by atoms with Gasteiger partial charge in [0.1, 0.15) is 6.07 Å². The molecule has 0 N–H and O–H groups in total. The van der Waals surface area contributed by atoms with Gasteiger partial charge in [-0.1, -0.05) is 6.07 Å². The fourth-order valence-corrected chi connectivity index (χ4v) is 2.05. The molecule has 0 bridgehead atoms. The number of rotatable bonds is 4. The van der Waals surface area contributed by atoms with Crippen molar-refractivity contribution in [2.24, 2.45) is 0 Å². The van der Waals surface area contributed by atoms with Gasteiger partial charge in [0.15, 0.2) is 0 Å². The van der Waals surface area contributed by atoms with Crippen molar-refractivity contribution in [1.29, 1.82) is 5.26 Å². The second-order valence-electron chi connectivity index (χ2n) is 3.32. The van der Waals surface area contributed by atoms with Crippen molar-refractivity contribution in [2.45, 2.75) is 24.1 Å². The van der Waals surface area contributed by atoms with Crippen LogP contribution in [-0.2, 0) is 21.8 Å². The highest BCUT2D eigenvalue weighted by atomic mass is 35.5. The van der Waals surface area contributed by atoms with Gasteiger partial charge in [0, 0.05) is 10.8 Å². The van der Waals surface area contributed by atoms with E-state index >= 15 is 0 Å². The molecule has 90 valence electrons. The van der Waals surface area contributed by atoms with Crippen molar-refractivity contribution >= 4 is 30.2 Å². The van der Waals surface area contributed by atoms with Gasteiger partial charge in [-0.3, -0.25) is 4.79 Å². The summed E-state index contributed by atoms with van der Waals surface area (Å²) in [7, 11) is 0. The van der Waals surface area contributed by atoms with E-state index in [-0.39, 0.29) is 18.3 Å². The van der Waals surface area contributed by atoms with E-state index in [4.69, 9.17) is 21.6 Å². The van der Waals surface area contributed by atoms with Crippen molar-refractivity contribution < 1.29 is 9.53 Å². The Morgan fingerprint density at radius 3 is 2.82 bits per heavy atom. The molecule has 0 aliphatic heterocycles. The third-order valence-corrected chi connectivity index (χ3v) is 2.91. The van der Waals surface area contributed by atoms with Crippen LogP contribution < -0.4 is 0 Å². The van der Waals surface area contributed by atoms with E-state index in [0.29, 0.717) is 28.2 Å². The highest BCUT2D eigenvalue weighted by molar-refractivity contribution is 7.80. The van der Waals surface area contributed by atoms with Crippen molar-refractivity contribution in [3.8, 4) is 6.07 Å². The summed E-state index contributed by atoms with van der Waals surface area (Å²) in [4.78, 5) is 12.0. The van der Waals surface area contributed by atoms with Crippen LogP contribution in [0.1, 0.15) is 23.6 Å². The van der Waals surface area contributed by atoms with Crippen molar-refractivity contribution in [3.63, 3.8) is 0 Å². The van der Waals surface area contributed by atoms with Gasteiger partial charge in [0.2, 0.25) is 0 Å². The third kappa shape index (κ3) is 3.39. The van der Waals surface area contributed by atoms with Crippen LogP contribution in [0, 0.1) is 11.3 Å². The first kappa shape index (κ1) is 13.9. The minimum Gasteiger partial charge on any atom is -0.466 e. The van der Waals surface area contributed by atoms with Crippen molar-refractivity contribution in [3.05, 3.63) is 28.8 Å². The number of carbonyl (C=O) groups is 1. The Morgan fingerprint density at radius 2 is 2.29 bits per heavy atom. The third-order valence-electron chi connectivity index (χ3n) is 2.27. The lowest BCUT2D eigenvalue weighted by molar-refractivity contribution is -0.142. The highest BCUT2D eigenvalue weighted by Crippen LogP contribution is 2.24. The number of alkyl halides is 1. The Balaban J connectivity index is 3.09. The predicted molar refractivity (Wildman–Crippen MR) is 68.3 cm³/mol. The lowest BCUT2D eigenvalue weighted by Crippen LogP contribution is -2.10. The van der Waals surface area contributed by atoms with Gasteiger partial charge in [-0.25, -0.2) is 0 Å². The van der Waals surface area contributed by atoms with Crippen LogP contribution in [0.15, 0.2) is 17.0 Å². The van der Waals surface area contributed by atoms with Crippen molar-refractivity contribution in [1.82, 2.24) is 0 Å². The second-order valence-corrected chi connectivity index (χ2v) is 4.07. The molecule has 1 aromatic rings. The molecule has 1 aromatic carbocycles. The second kappa shape index (κ2) is 6.53. The van der Waals surface area contributed by atoms with Crippen molar-refractivity contribution in [2.75, 3.05) is 6.61 Å². The summed E-state index contributed by atoms with van der Waals surface area (Å²) in [5.41, 5.74) is 1.78. The normalized spacial score (nSPS) is 9.76. The van der Waals surface area contributed by atoms with Crippen LogP contribution in [0.4, 0.5) is 0 Å².